The van der Waals surface area contributed by atoms with E-state index in [0.29, 0.717) is 18.0 Å². The lowest BCUT2D eigenvalue weighted by Gasteiger charge is -2.29. The summed E-state index contributed by atoms with van der Waals surface area (Å²) < 4.78 is 0. The first-order valence-corrected chi connectivity index (χ1v) is 19.8. The molecule has 2 saturated heterocycles. The Morgan fingerprint density at radius 3 is 1.52 bits per heavy atom. The standard InChI is InChI=1S/C21H21NO.C9H13NO4.C8H13NO3.C8H11NO2/c1-21(2,3)14-20(23)22-15-18-10-5-4-8-16(18)12-13-17-9-6-7-11-19(17)22;1-9(2,3)8(13)14-10-6(11)4-5-7(10)12;1-8(2,3)12-9-6(10)4-5-7(9)11;1-8(2,3)9-6(10)4-5-7(9)11/h4-11H,14-15H2,1-3H3;4-5H2,1-3H3;4-5H2,1-3H3;4-5H,1-3H3. The fraction of sp³-hybridized carbons (Fsp3) is 0.478. The van der Waals surface area contributed by atoms with Crippen LogP contribution < -0.4 is 4.90 Å². The molecule has 2 aromatic rings. The van der Waals surface area contributed by atoms with Crippen molar-refractivity contribution in [2.24, 2.45) is 10.8 Å². The maximum Gasteiger partial charge on any atom is 0.338 e. The van der Waals surface area contributed by atoms with E-state index in [0.717, 1.165) is 27.4 Å². The molecule has 0 N–H and O–H groups in total. The summed E-state index contributed by atoms with van der Waals surface area (Å²) in [7, 11) is 0. The van der Waals surface area contributed by atoms with Gasteiger partial charge in [-0.15, -0.1) is 5.06 Å². The number of hydroxylamine groups is 4. The van der Waals surface area contributed by atoms with Gasteiger partial charge in [-0.25, -0.2) is 4.79 Å². The number of carbonyl (C=O) groups excluding carboxylic acids is 8. The van der Waals surface area contributed by atoms with E-state index in [1.54, 1.807) is 41.5 Å². The summed E-state index contributed by atoms with van der Waals surface area (Å²) in [5, 5.41) is 1.44. The minimum Gasteiger partial charge on any atom is -0.330 e. The lowest BCUT2D eigenvalue weighted by atomic mass is 9.91. The average Bonchev–Trinajstić information content (AvgIpc) is 3.75. The van der Waals surface area contributed by atoms with Crippen LogP contribution in [0.3, 0.4) is 0 Å². The molecule has 0 spiro atoms. The number of benzene rings is 2. The van der Waals surface area contributed by atoms with Crippen LogP contribution in [0.1, 0.15) is 132 Å². The molecule has 4 aliphatic heterocycles. The van der Waals surface area contributed by atoms with Crippen molar-refractivity contribution in [1.82, 2.24) is 15.0 Å². The van der Waals surface area contributed by atoms with Crippen LogP contribution in [0, 0.1) is 22.7 Å². The van der Waals surface area contributed by atoms with Crippen molar-refractivity contribution < 1.29 is 48.0 Å². The van der Waals surface area contributed by atoms with Gasteiger partial charge < -0.3 is 9.74 Å². The summed E-state index contributed by atoms with van der Waals surface area (Å²) in [6.45, 7) is 22.7. The molecule has 14 heteroatoms. The van der Waals surface area contributed by atoms with Gasteiger partial charge in [0, 0.05) is 60.9 Å². The van der Waals surface area contributed by atoms with Crippen LogP contribution >= 0.6 is 0 Å². The Morgan fingerprint density at radius 1 is 0.617 bits per heavy atom. The molecule has 322 valence electrons. The largest absolute Gasteiger partial charge is 0.338 e. The molecule has 0 bridgehead atoms. The Bertz CT molecular complexity index is 2050. The van der Waals surface area contributed by atoms with Gasteiger partial charge in [0.05, 0.1) is 23.2 Å². The van der Waals surface area contributed by atoms with Crippen molar-refractivity contribution in [3.8, 4) is 11.8 Å². The number of fused-ring (bicyclic) bond motifs is 2. The minimum absolute atomic E-state index is 0.0421. The molecule has 0 atom stereocenters. The van der Waals surface area contributed by atoms with E-state index in [2.05, 4.69) is 38.7 Å². The molecule has 6 rings (SSSR count). The summed E-state index contributed by atoms with van der Waals surface area (Å²) in [5.74, 6) is 4.20. The fourth-order valence-electron chi connectivity index (χ4n) is 5.63. The van der Waals surface area contributed by atoms with Crippen molar-refractivity contribution in [1.29, 1.82) is 0 Å². The van der Waals surface area contributed by atoms with Crippen molar-refractivity contribution in [3.05, 3.63) is 77.4 Å². The molecule has 0 radical (unpaired) electrons. The molecule has 2 fully saturated rings. The van der Waals surface area contributed by atoms with E-state index in [1.165, 1.54) is 17.1 Å². The molecule has 0 aromatic heterocycles. The molecule has 0 unspecified atom stereocenters. The van der Waals surface area contributed by atoms with Crippen LogP contribution in [-0.2, 0) is 54.6 Å². The van der Waals surface area contributed by atoms with E-state index in [9.17, 15) is 38.4 Å². The highest BCUT2D eigenvalue weighted by atomic mass is 16.7. The van der Waals surface area contributed by atoms with Gasteiger partial charge in [0.1, 0.15) is 0 Å². The molecule has 4 heterocycles. The summed E-state index contributed by atoms with van der Waals surface area (Å²) in [4.78, 5) is 104. The van der Waals surface area contributed by atoms with E-state index in [-0.39, 0.29) is 60.6 Å². The number of hydrogen-bond acceptors (Lipinski definition) is 10. The normalized spacial score (nSPS) is 16.3. The quantitative estimate of drug-likeness (QED) is 0.244. The summed E-state index contributed by atoms with van der Waals surface area (Å²) in [6, 6.07) is 16.0. The second kappa shape index (κ2) is 19.4. The third-order valence-corrected chi connectivity index (χ3v) is 8.50. The number of rotatable bonds is 3. The minimum atomic E-state index is -0.719. The SMILES string of the molecule is CC(C)(C)C(=O)ON1C(=O)CCC1=O.CC(C)(C)CC(=O)N1Cc2ccccc2C#Cc2ccccc21.CC(C)(C)N1C(=O)C=CC1=O.CC(C)(C)ON1C(=O)CCC1=O. The topological polar surface area (TPSA) is 168 Å². The van der Waals surface area contributed by atoms with Crippen LogP contribution in [0.5, 0.6) is 0 Å². The molecular weight excluding hydrogens is 769 g/mol. The van der Waals surface area contributed by atoms with E-state index < -0.39 is 34.3 Å². The molecule has 7 amide bonds. The smallest absolute Gasteiger partial charge is 0.330 e. The van der Waals surface area contributed by atoms with Gasteiger partial charge in [0.2, 0.25) is 5.91 Å². The summed E-state index contributed by atoms with van der Waals surface area (Å²) in [5.41, 5.74) is 2.25. The molecule has 4 aliphatic rings. The molecule has 14 nitrogen and oxygen atoms in total. The number of nitrogens with zero attached hydrogens (tertiary/aromatic N) is 4. The first kappa shape index (κ1) is 48.4. The lowest BCUT2D eigenvalue weighted by Crippen LogP contribution is -2.45. The van der Waals surface area contributed by atoms with Gasteiger partial charge in [-0.2, -0.15) is 5.06 Å². The van der Waals surface area contributed by atoms with Crippen molar-refractivity contribution in [2.75, 3.05) is 4.90 Å². The number of imide groups is 3. The zero-order valence-corrected chi connectivity index (χ0v) is 36.9. The molecule has 60 heavy (non-hydrogen) atoms. The van der Waals surface area contributed by atoms with Crippen molar-refractivity contribution in [2.45, 2.75) is 133 Å². The zero-order valence-electron chi connectivity index (χ0n) is 36.9. The number of amides is 7. The Kier molecular flexibility index (Phi) is 15.7. The van der Waals surface area contributed by atoms with Crippen LogP contribution in [0.4, 0.5) is 5.69 Å². The molecule has 0 aliphatic carbocycles. The fourth-order valence-corrected chi connectivity index (χ4v) is 5.63. The number of para-hydroxylation sites is 1. The van der Waals surface area contributed by atoms with E-state index >= 15 is 0 Å². The van der Waals surface area contributed by atoms with Gasteiger partial charge in [-0.1, -0.05) is 62.9 Å². The van der Waals surface area contributed by atoms with E-state index in [4.69, 9.17) is 9.68 Å². The third-order valence-electron chi connectivity index (χ3n) is 8.50. The highest BCUT2D eigenvalue weighted by Crippen LogP contribution is 2.29. The highest BCUT2D eigenvalue weighted by Gasteiger charge is 2.37. The van der Waals surface area contributed by atoms with Gasteiger partial charge in [0.25, 0.3) is 35.4 Å². The molecule has 0 saturated carbocycles. The first-order chi connectivity index (χ1) is 27.6. The maximum absolute atomic E-state index is 12.9. The number of carbonyl (C=O) groups is 8. The van der Waals surface area contributed by atoms with Gasteiger partial charge >= 0.3 is 5.97 Å². The van der Waals surface area contributed by atoms with Crippen LogP contribution in [0.2, 0.25) is 0 Å². The number of anilines is 1. The Labute approximate surface area is 353 Å². The lowest BCUT2D eigenvalue weighted by molar-refractivity contribution is -0.218. The van der Waals surface area contributed by atoms with Crippen LogP contribution in [0.25, 0.3) is 0 Å². The molecule has 2 aromatic carbocycles. The van der Waals surface area contributed by atoms with Crippen molar-refractivity contribution >= 4 is 53.0 Å². The number of hydrogen-bond donors (Lipinski definition) is 0. The molecular formula is C46H58N4O10. The van der Waals surface area contributed by atoms with Gasteiger partial charge in [0.15, 0.2) is 0 Å². The first-order valence-electron chi connectivity index (χ1n) is 19.8. The predicted molar refractivity (Wildman–Crippen MR) is 223 cm³/mol. The second-order valence-corrected chi connectivity index (χ2v) is 18.7. The Balaban J connectivity index is 0.000000225. The van der Waals surface area contributed by atoms with Crippen LogP contribution in [0.15, 0.2) is 60.7 Å². The average molecular weight is 827 g/mol. The monoisotopic (exact) mass is 826 g/mol. The van der Waals surface area contributed by atoms with Gasteiger partial charge in [-0.05, 0) is 91.5 Å². The van der Waals surface area contributed by atoms with Crippen molar-refractivity contribution in [3.63, 3.8) is 0 Å². The Morgan fingerprint density at radius 2 is 1.07 bits per heavy atom. The summed E-state index contributed by atoms with van der Waals surface area (Å²) in [6.07, 6.45) is 3.90. The van der Waals surface area contributed by atoms with Crippen LogP contribution in [-0.4, -0.2) is 73.5 Å². The maximum atomic E-state index is 12.9. The Hall–Kier alpha value is -5.94. The van der Waals surface area contributed by atoms with E-state index in [1.807, 2.05) is 68.1 Å². The van der Waals surface area contributed by atoms with Gasteiger partial charge in [-0.3, -0.25) is 43.3 Å². The summed E-state index contributed by atoms with van der Waals surface area (Å²) >= 11 is 0. The third kappa shape index (κ3) is 14.1. The predicted octanol–water partition coefficient (Wildman–Crippen LogP) is 6.58. The second-order valence-electron chi connectivity index (χ2n) is 18.7. The zero-order chi connectivity index (χ0) is 45.4. The highest BCUT2D eigenvalue weighted by molar-refractivity contribution is 6.13.